The Balaban J connectivity index is 1.66. The number of benzene rings is 1. The summed E-state index contributed by atoms with van der Waals surface area (Å²) >= 11 is 0. The van der Waals surface area contributed by atoms with Gasteiger partial charge in [-0.25, -0.2) is 0 Å². The number of hydrogen-bond acceptors (Lipinski definition) is 3. The van der Waals surface area contributed by atoms with E-state index in [1.165, 1.54) is 0 Å². The summed E-state index contributed by atoms with van der Waals surface area (Å²) in [6.45, 7) is 1.88. The Hall–Kier alpha value is -1.55. The second-order valence-electron chi connectivity index (χ2n) is 5.76. The fourth-order valence-electron chi connectivity index (χ4n) is 2.68. The summed E-state index contributed by atoms with van der Waals surface area (Å²) in [5.74, 6) is 1.06. The van der Waals surface area contributed by atoms with Crippen LogP contribution in [-0.4, -0.2) is 29.3 Å². The third-order valence-electron chi connectivity index (χ3n) is 4.16. The molecule has 0 bridgehead atoms. The van der Waals surface area contributed by atoms with Crippen molar-refractivity contribution in [2.75, 3.05) is 6.61 Å². The van der Waals surface area contributed by atoms with Gasteiger partial charge in [-0.2, -0.15) is 0 Å². The summed E-state index contributed by atoms with van der Waals surface area (Å²) in [5.41, 5.74) is 0.564. The number of aliphatic hydroxyl groups excluding tert-OH is 1. The van der Waals surface area contributed by atoms with E-state index >= 15 is 0 Å². The number of carbonyl (C=O) groups is 1. The molecule has 1 fully saturated rings. The van der Waals surface area contributed by atoms with Crippen molar-refractivity contribution in [1.29, 1.82) is 0 Å². The molecule has 2 aliphatic rings. The van der Waals surface area contributed by atoms with Gasteiger partial charge in [-0.3, -0.25) is 4.79 Å². The zero-order valence-electron chi connectivity index (χ0n) is 11.1. The first-order chi connectivity index (χ1) is 9.12. The molecule has 102 valence electrons. The smallest absolute Gasteiger partial charge is 0.261 e. The summed E-state index contributed by atoms with van der Waals surface area (Å²) in [6.07, 6.45) is 2.28. The van der Waals surface area contributed by atoms with Crippen LogP contribution in [0.25, 0.3) is 0 Å². The molecule has 1 saturated carbocycles. The number of ether oxygens (including phenoxy) is 1. The molecule has 0 saturated heterocycles. The zero-order chi connectivity index (χ0) is 13.5. The highest BCUT2D eigenvalue weighted by Crippen LogP contribution is 2.39. The molecule has 0 aromatic heterocycles. The van der Waals surface area contributed by atoms with Crippen LogP contribution in [-0.2, 0) is 11.2 Å². The van der Waals surface area contributed by atoms with E-state index in [0.29, 0.717) is 12.3 Å². The monoisotopic (exact) mass is 261 g/mol. The van der Waals surface area contributed by atoms with Crippen molar-refractivity contribution in [2.45, 2.75) is 37.8 Å². The number of rotatable bonds is 4. The van der Waals surface area contributed by atoms with Gasteiger partial charge in [-0.15, -0.1) is 0 Å². The number of fused-ring (bicyclic) bond motifs is 1. The molecule has 1 aromatic rings. The Labute approximate surface area is 112 Å². The number of amides is 1. The topological polar surface area (TPSA) is 58.6 Å². The normalized spacial score (nSPS) is 24.2. The number of aliphatic hydroxyl groups is 1. The summed E-state index contributed by atoms with van der Waals surface area (Å²) in [5, 5.41) is 12.5. The predicted molar refractivity (Wildman–Crippen MR) is 70.9 cm³/mol. The third-order valence-corrected chi connectivity index (χ3v) is 4.16. The van der Waals surface area contributed by atoms with Crippen molar-refractivity contribution in [3.05, 3.63) is 29.8 Å². The highest BCUT2D eigenvalue weighted by molar-refractivity contribution is 5.83. The number of para-hydroxylation sites is 1. The van der Waals surface area contributed by atoms with Crippen LogP contribution in [0, 0.1) is 5.92 Å². The van der Waals surface area contributed by atoms with Crippen molar-refractivity contribution >= 4 is 5.91 Å². The van der Waals surface area contributed by atoms with Crippen LogP contribution in [0.15, 0.2) is 24.3 Å². The molecular formula is C15H19NO3. The maximum atomic E-state index is 12.3. The van der Waals surface area contributed by atoms with Gasteiger partial charge in [-0.05, 0) is 37.3 Å². The Kier molecular flexibility index (Phi) is 2.97. The van der Waals surface area contributed by atoms with Crippen LogP contribution in [0.2, 0.25) is 0 Å². The van der Waals surface area contributed by atoms with Crippen LogP contribution >= 0.6 is 0 Å². The molecule has 4 nitrogen and oxygen atoms in total. The summed E-state index contributed by atoms with van der Waals surface area (Å²) < 4.78 is 5.67. The lowest BCUT2D eigenvalue weighted by Gasteiger charge is -2.29. The van der Waals surface area contributed by atoms with Gasteiger partial charge in [0.25, 0.3) is 5.91 Å². The van der Waals surface area contributed by atoms with Crippen molar-refractivity contribution in [3.63, 3.8) is 0 Å². The molecule has 0 spiro atoms. The molecule has 4 heteroatoms. The fraction of sp³-hybridized carbons (Fsp3) is 0.533. The van der Waals surface area contributed by atoms with E-state index < -0.39 is 11.6 Å². The zero-order valence-corrected chi connectivity index (χ0v) is 11.1. The first-order valence-corrected chi connectivity index (χ1v) is 6.80. The van der Waals surface area contributed by atoms with E-state index in [9.17, 15) is 9.90 Å². The highest BCUT2D eigenvalue weighted by atomic mass is 16.5. The van der Waals surface area contributed by atoms with Gasteiger partial charge in [-0.1, -0.05) is 18.2 Å². The molecule has 1 heterocycles. The lowest BCUT2D eigenvalue weighted by Crippen LogP contribution is -2.54. The maximum absolute atomic E-state index is 12.3. The van der Waals surface area contributed by atoms with Crippen LogP contribution in [0.1, 0.15) is 25.3 Å². The van der Waals surface area contributed by atoms with Crippen molar-refractivity contribution in [2.24, 2.45) is 5.92 Å². The largest absolute Gasteiger partial charge is 0.480 e. The summed E-state index contributed by atoms with van der Waals surface area (Å²) in [4.78, 5) is 12.3. The van der Waals surface area contributed by atoms with Gasteiger partial charge in [0.1, 0.15) is 5.75 Å². The Bertz CT molecular complexity index is 473. The molecule has 2 N–H and O–H groups in total. The molecule has 1 aromatic carbocycles. The van der Waals surface area contributed by atoms with Crippen molar-refractivity contribution < 1.29 is 14.6 Å². The van der Waals surface area contributed by atoms with Gasteiger partial charge >= 0.3 is 0 Å². The fourth-order valence-corrected chi connectivity index (χ4v) is 2.68. The molecule has 3 rings (SSSR count). The van der Waals surface area contributed by atoms with E-state index in [-0.39, 0.29) is 12.5 Å². The highest BCUT2D eigenvalue weighted by Gasteiger charge is 2.43. The lowest BCUT2D eigenvalue weighted by atomic mass is 9.96. The second-order valence-corrected chi connectivity index (χ2v) is 5.76. The number of hydrogen-bond donors (Lipinski definition) is 2. The van der Waals surface area contributed by atoms with Gasteiger partial charge in [0.2, 0.25) is 0 Å². The van der Waals surface area contributed by atoms with Gasteiger partial charge in [0.05, 0.1) is 12.1 Å². The summed E-state index contributed by atoms with van der Waals surface area (Å²) in [6, 6.07) is 7.72. The van der Waals surface area contributed by atoms with Crippen LogP contribution in [0.3, 0.4) is 0 Å². The Morgan fingerprint density at radius 3 is 2.84 bits per heavy atom. The van der Waals surface area contributed by atoms with E-state index in [1.807, 2.05) is 31.2 Å². The standard InChI is InChI=1S/C15H19NO3/c1-15(9-17,11-6-7-11)16-14(18)13-8-10-4-2-3-5-12(10)19-13/h2-5,11,13,17H,6-9H2,1H3,(H,16,18). The predicted octanol–water partition coefficient (Wildman–Crippen LogP) is 1.27. The molecule has 1 aliphatic heterocycles. The average Bonchev–Trinajstić information content (AvgIpc) is 3.18. The van der Waals surface area contributed by atoms with Gasteiger partial charge in [0.15, 0.2) is 6.10 Å². The van der Waals surface area contributed by atoms with Crippen LogP contribution in [0.5, 0.6) is 5.75 Å². The van der Waals surface area contributed by atoms with Crippen molar-refractivity contribution in [1.82, 2.24) is 5.32 Å². The maximum Gasteiger partial charge on any atom is 0.261 e. The molecule has 19 heavy (non-hydrogen) atoms. The lowest BCUT2D eigenvalue weighted by molar-refractivity contribution is -0.130. The minimum absolute atomic E-state index is 0.0247. The molecule has 1 amide bonds. The van der Waals surface area contributed by atoms with Gasteiger partial charge < -0.3 is 15.2 Å². The quantitative estimate of drug-likeness (QED) is 0.858. The van der Waals surface area contributed by atoms with Crippen molar-refractivity contribution in [3.8, 4) is 5.75 Å². The number of carbonyl (C=O) groups excluding carboxylic acids is 1. The first kappa shape index (κ1) is 12.5. The second kappa shape index (κ2) is 4.53. The first-order valence-electron chi connectivity index (χ1n) is 6.80. The molecular weight excluding hydrogens is 242 g/mol. The Morgan fingerprint density at radius 2 is 2.21 bits per heavy atom. The molecule has 0 radical (unpaired) electrons. The Morgan fingerprint density at radius 1 is 1.47 bits per heavy atom. The molecule has 2 unspecified atom stereocenters. The third kappa shape index (κ3) is 2.32. The average molecular weight is 261 g/mol. The minimum Gasteiger partial charge on any atom is -0.480 e. The molecule has 1 aliphatic carbocycles. The minimum atomic E-state index is -0.505. The van der Waals surface area contributed by atoms with E-state index in [4.69, 9.17) is 4.74 Å². The van der Waals surface area contributed by atoms with Gasteiger partial charge in [0, 0.05) is 6.42 Å². The number of nitrogens with one attached hydrogen (secondary N) is 1. The molecule has 2 atom stereocenters. The summed E-state index contributed by atoms with van der Waals surface area (Å²) in [7, 11) is 0. The van der Waals surface area contributed by atoms with E-state index in [0.717, 1.165) is 24.2 Å². The van der Waals surface area contributed by atoms with Crippen LogP contribution < -0.4 is 10.1 Å². The van der Waals surface area contributed by atoms with E-state index in [2.05, 4.69) is 5.32 Å². The SMILES string of the molecule is CC(CO)(NC(=O)C1Cc2ccccc2O1)C1CC1. The van der Waals surface area contributed by atoms with Crippen LogP contribution in [0.4, 0.5) is 0 Å². The van der Waals surface area contributed by atoms with E-state index in [1.54, 1.807) is 0 Å².